The zero-order valence-electron chi connectivity index (χ0n) is 13.2. The van der Waals surface area contributed by atoms with Gasteiger partial charge in [-0.05, 0) is 24.3 Å². The van der Waals surface area contributed by atoms with Crippen LogP contribution in [0.5, 0.6) is 5.75 Å². The summed E-state index contributed by atoms with van der Waals surface area (Å²) in [7, 11) is 0. The Hall–Kier alpha value is -2.85. The van der Waals surface area contributed by atoms with E-state index in [1.165, 1.54) is 12.1 Å². The molecule has 0 bridgehead atoms. The van der Waals surface area contributed by atoms with E-state index < -0.39 is 17.8 Å². The molecule has 0 aliphatic rings. The average molecular weight is 356 g/mol. The van der Waals surface area contributed by atoms with E-state index in [0.29, 0.717) is 11.3 Å². The Bertz CT molecular complexity index is 856. The fourth-order valence-corrected chi connectivity index (χ4v) is 2.51. The Morgan fingerprint density at radius 1 is 0.920 bits per heavy atom. The highest BCUT2D eigenvalue weighted by molar-refractivity contribution is 6.31. The maximum Gasteiger partial charge on any atom is 0.270 e. The molecule has 0 heterocycles. The van der Waals surface area contributed by atoms with Crippen molar-refractivity contribution < 1.29 is 13.9 Å². The van der Waals surface area contributed by atoms with Crippen molar-refractivity contribution in [2.45, 2.75) is 6.10 Å². The minimum Gasteiger partial charge on any atom is -0.476 e. The molecule has 3 nitrogen and oxygen atoms in total. The number of amides is 1. The molecule has 0 saturated carbocycles. The van der Waals surface area contributed by atoms with Crippen molar-refractivity contribution in [3.63, 3.8) is 0 Å². The van der Waals surface area contributed by atoms with Gasteiger partial charge in [0.15, 0.2) is 5.82 Å². The average Bonchev–Trinajstić information content (AvgIpc) is 2.65. The van der Waals surface area contributed by atoms with Gasteiger partial charge in [-0.3, -0.25) is 4.79 Å². The van der Waals surface area contributed by atoms with Crippen LogP contribution in [-0.2, 0) is 4.79 Å². The second-order valence-corrected chi connectivity index (χ2v) is 5.72. The van der Waals surface area contributed by atoms with Gasteiger partial charge in [-0.2, -0.15) is 0 Å². The molecule has 0 fully saturated rings. The lowest BCUT2D eigenvalue weighted by molar-refractivity contribution is -0.123. The van der Waals surface area contributed by atoms with Gasteiger partial charge in [0, 0.05) is 5.56 Å². The zero-order chi connectivity index (χ0) is 17.6. The van der Waals surface area contributed by atoms with Crippen LogP contribution in [0.3, 0.4) is 0 Å². The van der Waals surface area contributed by atoms with Crippen molar-refractivity contribution >= 4 is 23.2 Å². The van der Waals surface area contributed by atoms with Gasteiger partial charge in [-0.1, -0.05) is 66.2 Å². The van der Waals surface area contributed by atoms with Crippen LogP contribution in [0.4, 0.5) is 10.1 Å². The maximum absolute atomic E-state index is 14.1. The van der Waals surface area contributed by atoms with Crippen LogP contribution in [0.2, 0.25) is 5.02 Å². The van der Waals surface area contributed by atoms with Crippen molar-refractivity contribution in [1.82, 2.24) is 0 Å². The summed E-state index contributed by atoms with van der Waals surface area (Å²) in [6.45, 7) is 0. The van der Waals surface area contributed by atoms with Gasteiger partial charge in [0.1, 0.15) is 5.75 Å². The molecular formula is C20H15ClFNO2. The summed E-state index contributed by atoms with van der Waals surface area (Å²) in [5.41, 5.74) is 0.668. The molecule has 3 aromatic rings. The minimum absolute atomic E-state index is 0.00935. The summed E-state index contributed by atoms with van der Waals surface area (Å²) in [5, 5.41) is 2.49. The second-order valence-electron chi connectivity index (χ2n) is 5.31. The van der Waals surface area contributed by atoms with Crippen LogP contribution >= 0.6 is 11.6 Å². The summed E-state index contributed by atoms with van der Waals surface area (Å²) in [6.07, 6.45) is -0.929. The second kappa shape index (κ2) is 7.81. The van der Waals surface area contributed by atoms with Gasteiger partial charge < -0.3 is 10.1 Å². The van der Waals surface area contributed by atoms with Gasteiger partial charge in [-0.15, -0.1) is 0 Å². The van der Waals surface area contributed by atoms with E-state index in [4.69, 9.17) is 16.3 Å². The van der Waals surface area contributed by atoms with Crippen LogP contribution < -0.4 is 10.1 Å². The Morgan fingerprint density at radius 2 is 1.56 bits per heavy atom. The first kappa shape index (κ1) is 17.0. The predicted molar refractivity (Wildman–Crippen MR) is 96.3 cm³/mol. The third-order valence-electron chi connectivity index (χ3n) is 3.55. The van der Waals surface area contributed by atoms with Gasteiger partial charge in [0.25, 0.3) is 5.91 Å². The van der Waals surface area contributed by atoms with Crippen LogP contribution in [-0.4, -0.2) is 5.91 Å². The van der Waals surface area contributed by atoms with Crippen molar-refractivity contribution in [3.05, 3.63) is 95.3 Å². The predicted octanol–water partition coefficient (Wildman–Crippen LogP) is 5.24. The Kier molecular flexibility index (Phi) is 5.31. The first-order valence-corrected chi connectivity index (χ1v) is 8.04. The topological polar surface area (TPSA) is 38.3 Å². The molecule has 1 atom stereocenters. The van der Waals surface area contributed by atoms with Gasteiger partial charge >= 0.3 is 0 Å². The van der Waals surface area contributed by atoms with Gasteiger partial charge in [-0.25, -0.2) is 4.39 Å². The molecule has 3 rings (SSSR count). The summed E-state index contributed by atoms with van der Waals surface area (Å²) in [4.78, 5) is 12.7. The number of hydrogen-bond donors (Lipinski definition) is 1. The minimum atomic E-state index is -0.929. The number of halogens is 2. The standard InChI is InChI=1S/C20H15ClFNO2/c21-16-12-7-13-17(18(16)22)23-20(24)19(14-8-3-1-4-9-14)25-15-10-5-2-6-11-15/h1-13,19H,(H,23,24)/t19-/m0/s1. The lowest BCUT2D eigenvalue weighted by atomic mass is 10.1. The SMILES string of the molecule is O=C(Nc1cccc(Cl)c1F)[C@@H](Oc1ccccc1)c1ccccc1. The van der Waals surface area contributed by atoms with E-state index in [2.05, 4.69) is 5.32 Å². The molecule has 1 N–H and O–H groups in total. The number of rotatable bonds is 5. The summed E-state index contributed by atoms with van der Waals surface area (Å²) in [5.74, 6) is -0.627. The number of carbonyl (C=O) groups excluding carboxylic acids is 1. The highest BCUT2D eigenvalue weighted by atomic mass is 35.5. The third kappa shape index (κ3) is 4.17. The Balaban J connectivity index is 1.88. The van der Waals surface area contributed by atoms with Crippen LogP contribution in [0.1, 0.15) is 11.7 Å². The molecule has 0 aromatic heterocycles. The number of benzene rings is 3. The molecular weight excluding hydrogens is 341 g/mol. The molecule has 0 aliphatic heterocycles. The normalized spacial score (nSPS) is 11.6. The monoisotopic (exact) mass is 355 g/mol. The zero-order valence-corrected chi connectivity index (χ0v) is 13.9. The van der Waals surface area contributed by atoms with E-state index in [0.717, 1.165) is 0 Å². The van der Waals surface area contributed by atoms with Crippen molar-refractivity contribution in [2.24, 2.45) is 0 Å². The van der Waals surface area contributed by atoms with Gasteiger partial charge in [0.05, 0.1) is 10.7 Å². The van der Waals surface area contributed by atoms with Crippen molar-refractivity contribution in [2.75, 3.05) is 5.32 Å². The molecule has 0 spiro atoms. The molecule has 0 aliphatic carbocycles. The molecule has 3 aromatic carbocycles. The molecule has 126 valence electrons. The van der Waals surface area contributed by atoms with Crippen LogP contribution in [0.15, 0.2) is 78.9 Å². The molecule has 0 saturated heterocycles. The largest absolute Gasteiger partial charge is 0.476 e. The van der Waals surface area contributed by atoms with E-state index in [1.807, 2.05) is 36.4 Å². The Labute approximate surface area is 150 Å². The van der Waals surface area contributed by atoms with Gasteiger partial charge in [0.2, 0.25) is 6.10 Å². The number of hydrogen-bond acceptors (Lipinski definition) is 2. The molecule has 0 unspecified atom stereocenters. The smallest absolute Gasteiger partial charge is 0.270 e. The van der Waals surface area contributed by atoms with Crippen LogP contribution in [0, 0.1) is 5.82 Å². The molecule has 5 heteroatoms. The lowest BCUT2D eigenvalue weighted by Gasteiger charge is -2.19. The molecule has 1 amide bonds. The Morgan fingerprint density at radius 3 is 2.24 bits per heavy atom. The van der Waals surface area contributed by atoms with E-state index in [1.54, 1.807) is 30.3 Å². The number of para-hydroxylation sites is 1. The third-order valence-corrected chi connectivity index (χ3v) is 3.84. The number of anilines is 1. The quantitative estimate of drug-likeness (QED) is 0.679. The lowest BCUT2D eigenvalue weighted by Crippen LogP contribution is -2.26. The summed E-state index contributed by atoms with van der Waals surface area (Å²) >= 11 is 5.77. The van der Waals surface area contributed by atoms with E-state index in [-0.39, 0.29) is 10.7 Å². The van der Waals surface area contributed by atoms with Crippen molar-refractivity contribution in [3.8, 4) is 5.75 Å². The fourth-order valence-electron chi connectivity index (χ4n) is 2.33. The number of carbonyl (C=O) groups is 1. The summed E-state index contributed by atoms with van der Waals surface area (Å²) in [6, 6.07) is 22.4. The molecule has 0 radical (unpaired) electrons. The van der Waals surface area contributed by atoms with E-state index in [9.17, 15) is 9.18 Å². The van der Waals surface area contributed by atoms with E-state index >= 15 is 0 Å². The number of nitrogens with one attached hydrogen (secondary N) is 1. The highest BCUT2D eigenvalue weighted by Gasteiger charge is 2.24. The fraction of sp³-hybridized carbons (Fsp3) is 0.0500. The summed E-state index contributed by atoms with van der Waals surface area (Å²) < 4.78 is 19.9. The van der Waals surface area contributed by atoms with Crippen LogP contribution in [0.25, 0.3) is 0 Å². The van der Waals surface area contributed by atoms with Crippen molar-refractivity contribution in [1.29, 1.82) is 0 Å². The first-order chi connectivity index (χ1) is 12.1. The number of ether oxygens (including phenoxy) is 1. The molecule has 25 heavy (non-hydrogen) atoms. The highest BCUT2D eigenvalue weighted by Crippen LogP contribution is 2.26. The first-order valence-electron chi connectivity index (χ1n) is 7.66. The maximum atomic E-state index is 14.1.